The monoisotopic (exact) mass is 477 g/mol. The predicted molar refractivity (Wildman–Crippen MR) is 123 cm³/mol. The van der Waals surface area contributed by atoms with Gasteiger partial charge in [-0.05, 0) is 43.2 Å². The second kappa shape index (κ2) is 10.1. The standard InChI is InChI=1S/C23H28FN3O5S/c1-31-17-5-7-19(20(24)15-17)23(28)25-21-16-18(33(29,30)27-9-3-2-4-10-27)6-8-22(21)26-11-13-32-14-12-26/h5-8,15-16H,2-4,9-14H2,1H3,(H,25,28). The van der Waals surface area contributed by atoms with Crippen molar-refractivity contribution in [2.45, 2.75) is 24.2 Å². The molecule has 33 heavy (non-hydrogen) atoms. The maximum absolute atomic E-state index is 14.5. The maximum Gasteiger partial charge on any atom is 0.258 e. The fraction of sp³-hybridized carbons (Fsp3) is 0.435. The molecule has 2 aliphatic heterocycles. The normalized spacial score (nSPS) is 17.6. The van der Waals surface area contributed by atoms with Crippen molar-refractivity contribution < 1.29 is 27.1 Å². The van der Waals surface area contributed by atoms with Crippen LogP contribution in [0.15, 0.2) is 41.3 Å². The molecular formula is C23H28FN3O5S. The largest absolute Gasteiger partial charge is 0.497 e. The van der Waals surface area contributed by atoms with E-state index in [-0.39, 0.29) is 10.5 Å². The number of hydrogen-bond acceptors (Lipinski definition) is 6. The molecule has 1 amide bonds. The molecule has 0 bridgehead atoms. The van der Waals surface area contributed by atoms with Crippen molar-refractivity contribution in [1.29, 1.82) is 0 Å². The van der Waals surface area contributed by atoms with Crippen LogP contribution in [0.2, 0.25) is 0 Å². The van der Waals surface area contributed by atoms with Gasteiger partial charge in [-0.2, -0.15) is 4.31 Å². The number of ether oxygens (including phenoxy) is 2. The lowest BCUT2D eigenvalue weighted by atomic mass is 10.1. The van der Waals surface area contributed by atoms with Crippen LogP contribution in [0.4, 0.5) is 15.8 Å². The number of benzene rings is 2. The number of hydrogen-bond donors (Lipinski definition) is 1. The number of rotatable bonds is 6. The summed E-state index contributed by atoms with van der Waals surface area (Å²) in [6, 6.07) is 8.70. The third-order valence-electron chi connectivity index (χ3n) is 5.94. The molecule has 1 N–H and O–H groups in total. The molecule has 0 aliphatic carbocycles. The molecule has 8 nitrogen and oxygen atoms in total. The van der Waals surface area contributed by atoms with Gasteiger partial charge in [0.2, 0.25) is 10.0 Å². The number of carbonyl (C=O) groups excluding carboxylic acids is 1. The zero-order valence-electron chi connectivity index (χ0n) is 18.5. The van der Waals surface area contributed by atoms with Crippen LogP contribution in [-0.2, 0) is 14.8 Å². The van der Waals surface area contributed by atoms with Crippen molar-refractivity contribution in [2.75, 3.05) is 56.7 Å². The Balaban J connectivity index is 1.68. The highest BCUT2D eigenvalue weighted by Gasteiger charge is 2.28. The Morgan fingerprint density at radius 3 is 2.42 bits per heavy atom. The Morgan fingerprint density at radius 1 is 1.03 bits per heavy atom. The highest BCUT2D eigenvalue weighted by molar-refractivity contribution is 7.89. The molecule has 0 unspecified atom stereocenters. The fourth-order valence-corrected chi connectivity index (χ4v) is 5.65. The van der Waals surface area contributed by atoms with E-state index in [4.69, 9.17) is 9.47 Å². The molecule has 2 saturated heterocycles. The van der Waals surface area contributed by atoms with E-state index in [0.29, 0.717) is 56.5 Å². The number of sulfonamides is 1. The highest BCUT2D eigenvalue weighted by atomic mass is 32.2. The first-order valence-electron chi connectivity index (χ1n) is 11.0. The average molecular weight is 478 g/mol. The molecule has 2 heterocycles. The summed E-state index contributed by atoms with van der Waals surface area (Å²) in [7, 11) is -2.29. The van der Waals surface area contributed by atoms with Gasteiger partial charge in [-0.3, -0.25) is 4.79 Å². The highest BCUT2D eigenvalue weighted by Crippen LogP contribution is 2.32. The number of morpholine rings is 1. The number of piperidine rings is 1. The van der Waals surface area contributed by atoms with Crippen molar-refractivity contribution in [3.63, 3.8) is 0 Å². The van der Waals surface area contributed by atoms with Gasteiger partial charge < -0.3 is 19.7 Å². The van der Waals surface area contributed by atoms with Crippen LogP contribution in [-0.4, -0.2) is 65.1 Å². The summed E-state index contributed by atoms with van der Waals surface area (Å²) in [5, 5.41) is 2.73. The Morgan fingerprint density at radius 2 is 1.76 bits per heavy atom. The number of nitrogens with zero attached hydrogens (tertiary/aromatic N) is 2. The van der Waals surface area contributed by atoms with Crippen molar-refractivity contribution in [3.05, 3.63) is 47.8 Å². The van der Waals surface area contributed by atoms with Gasteiger partial charge in [0, 0.05) is 32.2 Å². The van der Waals surface area contributed by atoms with Crippen LogP contribution in [0.25, 0.3) is 0 Å². The molecule has 10 heteroatoms. The van der Waals surface area contributed by atoms with Gasteiger partial charge >= 0.3 is 0 Å². The van der Waals surface area contributed by atoms with Gasteiger partial charge in [0.1, 0.15) is 11.6 Å². The summed E-state index contributed by atoms with van der Waals surface area (Å²) in [6.07, 6.45) is 2.66. The molecule has 2 fully saturated rings. The molecule has 2 aromatic carbocycles. The quantitative estimate of drug-likeness (QED) is 0.688. The zero-order chi connectivity index (χ0) is 23.4. The van der Waals surface area contributed by atoms with Gasteiger partial charge in [0.25, 0.3) is 5.91 Å². The first-order valence-corrected chi connectivity index (χ1v) is 12.5. The minimum Gasteiger partial charge on any atom is -0.497 e. The number of anilines is 2. The van der Waals surface area contributed by atoms with E-state index in [1.807, 2.05) is 4.90 Å². The molecule has 4 rings (SSSR count). The summed E-state index contributed by atoms with van der Waals surface area (Å²) in [5.74, 6) is -1.10. The lowest BCUT2D eigenvalue weighted by molar-refractivity contribution is 0.102. The molecule has 0 radical (unpaired) electrons. The van der Waals surface area contributed by atoms with Crippen molar-refractivity contribution in [1.82, 2.24) is 4.31 Å². The number of amides is 1. The zero-order valence-corrected chi connectivity index (χ0v) is 19.4. The third-order valence-corrected chi connectivity index (χ3v) is 7.84. The minimum absolute atomic E-state index is 0.104. The molecule has 0 saturated carbocycles. The van der Waals surface area contributed by atoms with Gasteiger partial charge in [0.15, 0.2) is 0 Å². The second-order valence-electron chi connectivity index (χ2n) is 8.04. The van der Waals surface area contributed by atoms with Gasteiger partial charge in [0.05, 0.1) is 42.2 Å². The van der Waals surface area contributed by atoms with Crippen molar-refractivity contribution >= 4 is 27.3 Å². The molecule has 178 valence electrons. The van der Waals surface area contributed by atoms with E-state index in [2.05, 4.69) is 5.32 Å². The Kier molecular flexibility index (Phi) is 7.16. The molecule has 0 aromatic heterocycles. The van der Waals surface area contributed by atoms with Crippen LogP contribution in [0, 0.1) is 5.82 Å². The summed E-state index contributed by atoms with van der Waals surface area (Å²) >= 11 is 0. The number of nitrogens with one attached hydrogen (secondary N) is 1. The topological polar surface area (TPSA) is 88.2 Å². The van der Waals surface area contributed by atoms with E-state index in [0.717, 1.165) is 25.3 Å². The molecule has 2 aromatic rings. The predicted octanol–water partition coefficient (Wildman–Crippen LogP) is 3.10. The lowest BCUT2D eigenvalue weighted by Gasteiger charge is -2.31. The summed E-state index contributed by atoms with van der Waals surface area (Å²) < 4.78 is 52.8. The average Bonchev–Trinajstić information content (AvgIpc) is 2.84. The van der Waals surface area contributed by atoms with Crippen LogP contribution in [0.3, 0.4) is 0 Å². The smallest absolute Gasteiger partial charge is 0.258 e. The van der Waals surface area contributed by atoms with Crippen LogP contribution >= 0.6 is 0 Å². The Hall–Kier alpha value is -2.69. The Bertz CT molecular complexity index is 1110. The number of halogens is 1. The first-order chi connectivity index (χ1) is 15.9. The summed E-state index contributed by atoms with van der Waals surface area (Å²) in [6.45, 7) is 3.19. The second-order valence-corrected chi connectivity index (χ2v) is 9.98. The lowest BCUT2D eigenvalue weighted by Crippen LogP contribution is -2.37. The first kappa shape index (κ1) is 23.5. The number of methoxy groups -OCH3 is 1. The van der Waals surface area contributed by atoms with E-state index >= 15 is 0 Å². The maximum atomic E-state index is 14.5. The molecule has 0 spiro atoms. The van der Waals surface area contributed by atoms with Crippen molar-refractivity contribution in [3.8, 4) is 5.75 Å². The van der Waals surface area contributed by atoms with Crippen molar-refractivity contribution in [2.24, 2.45) is 0 Å². The van der Waals surface area contributed by atoms with Crippen LogP contribution < -0.4 is 15.0 Å². The van der Waals surface area contributed by atoms with Gasteiger partial charge in [-0.25, -0.2) is 12.8 Å². The summed E-state index contributed by atoms with van der Waals surface area (Å²) in [5.41, 5.74) is 0.821. The molecule has 2 aliphatic rings. The van der Waals surface area contributed by atoms with Gasteiger partial charge in [-0.15, -0.1) is 0 Å². The third kappa shape index (κ3) is 5.13. The van der Waals surface area contributed by atoms with E-state index < -0.39 is 21.7 Å². The Labute approximate surface area is 193 Å². The molecule has 0 atom stereocenters. The number of carbonyl (C=O) groups is 1. The van der Waals surface area contributed by atoms with Crippen LogP contribution in [0.5, 0.6) is 5.75 Å². The fourth-order valence-electron chi connectivity index (χ4n) is 4.11. The summed E-state index contributed by atoms with van der Waals surface area (Å²) in [4.78, 5) is 15.1. The van der Waals surface area contributed by atoms with E-state index in [1.54, 1.807) is 12.1 Å². The van der Waals surface area contributed by atoms with E-state index in [1.165, 1.54) is 29.6 Å². The molecular weight excluding hydrogens is 449 g/mol. The minimum atomic E-state index is -3.70. The van der Waals surface area contributed by atoms with Gasteiger partial charge in [-0.1, -0.05) is 6.42 Å². The van der Waals surface area contributed by atoms with Crippen LogP contribution in [0.1, 0.15) is 29.6 Å². The SMILES string of the molecule is COc1ccc(C(=O)Nc2cc(S(=O)(=O)N3CCCCC3)ccc2N2CCOCC2)c(F)c1. The van der Waals surface area contributed by atoms with E-state index in [9.17, 15) is 17.6 Å².